The molecule has 0 spiro atoms. The van der Waals surface area contributed by atoms with Crippen LogP contribution < -0.4 is 5.73 Å². The van der Waals surface area contributed by atoms with Gasteiger partial charge in [0.25, 0.3) is 0 Å². The van der Waals surface area contributed by atoms with Gasteiger partial charge in [0.2, 0.25) is 0 Å². The molecule has 0 saturated heterocycles. The Morgan fingerprint density at radius 3 is 2.59 bits per heavy atom. The molecule has 1 aromatic carbocycles. The summed E-state index contributed by atoms with van der Waals surface area (Å²) in [7, 11) is 0. The Morgan fingerprint density at radius 2 is 1.94 bits per heavy atom. The summed E-state index contributed by atoms with van der Waals surface area (Å²) in [6.45, 7) is 1.82. The summed E-state index contributed by atoms with van der Waals surface area (Å²) in [6.07, 6.45) is 3.25. The van der Waals surface area contributed by atoms with Crippen LogP contribution in [-0.4, -0.2) is 9.97 Å². The molecule has 0 radical (unpaired) electrons. The van der Waals surface area contributed by atoms with Gasteiger partial charge in [-0.25, -0.2) is 14.4 Å². The van der Waals surface area contributed by atoms with Gasteiger partial charge < -0.3 is 5.73 Å². The third-order valence-electron chi connectivity index (χ3n) is 2.22. The van der Waals surface area contributed by atoms with Crippen LogP contribution in [-0.2, 0) is 0 Å². The van der Waals surface area contributed by atoms with Crippen LogP contribution in [0.15, 0.2) is 46.7 Å². The number of aromatic nitrogens is 2. The highest BCUT2D eigenvalue weighted by atomic mass is 32.2. The molecule has 0 aliphatic carbocycles. The largest absolute Gasteiger partial charge is 0.324 e. The van der Waals surface area contributed by atoms with Gasteiger partial charge >= 0.3 is 0 Å². The van der Waals surface area contributed by atoms with Crippen molar-refractivity contribution in [2.45, 2.75) is 23.0 Å². The molecule has 3 nitrogen and oxygen atoms in total. The Balaban J connectivity index is 2.38. The van der Waals surface area contributed by atoms with E-state index in [2.05, 4.69) is 9.97 Å². The zero-order valence-corrected chi connectivity index (χ0v) is 10.1. The lowest BCUT2D eigenvalue weighted by atomic mass is 10.1. The molecule has 1 aromatic heterocycles. The van der Waals surface area contributed by atoms with Gasteiger partial charge in [-0.15, -0.1) is 0 Å². The first kappa shape index (κ1) is 12.0. The molecule has 2 N–H and O–H groups in total. The standard InChI is InChI=1S/C12H12FN3S/c1-8(14)9-4-2-5-10(13)11(9)17-12-15-6-3-7-16-12/h2-8H,14H2,1H3/t8-/m0/s1. The SMILES string of the molecule is C[C@H](N)c1cccc(F)c1Sc1ncccn1. The maximum Gasteiger partial charge on any atom is 0.192 e. The summed E-state index contributed by atoms with van der Waals surface area (Å²) >= 11 is 1.19. The molecule has 2 rings (SSSR count). The van der Waals surface area contributed by atoms with E-state index in [4.69, 9.17) is 5.73 Å². The van der Waals surface area contributed by atoms with Crippen molar-refractivity contribution in [3.05, 3.63) is 48.0 Å². The molecule has 0 amide bonds. The molecule has 1 atom stereocenters. The third-order valence-corrected chi connectivity index (χ3v) is 3.25. The molecule has 17 heavy (non-hydrogen) atoms. The first-order valence-electron chi connectivity index (χ1n) is 5.17. The van der Waals surface area contributed by atoms with E-state index in [0.29, 0.717) is 10.1 Å². The van der Waals surface area contributed by atoms with Crippen LogP contribution in [0.2, 0.25) is 0 Å². The number of halogens is 1. The van der Waals surface area contributed by atoms with E-state index >= 15 is 0 Å². The molecule has 5 heteroatoms. The second-order valence-electron chi connectivity index (χ2n) is 3.58. The molecule has 88 valence electrons. The first-order valence-corrected chi connectivity index (χ1v) is 5.99. The molecular formula is C12H12FN3S. The summed E-state index contributed by atoms with van der Waals surface area (Å²) < 4.78 is 13.8. The molecule has 2 aromatic rings. The van der Waals surface area contributed by atoms with Gasteiger partial charge in [0.1, 0.15) is 5.82 Å². The Hall–Kier alpha value is -1.46. The number of rotatable bonds is 3. The van der Waals surface area contributed by atoms with E-state index in [0.717, 1.165) is 5.56 Å². The van der Waals surface area contributed by atoms with Crippen LogP contribution in [0.3, 0.4) is 0 Å². The van der Waals surface area contributed by atoms with Crippen molar-refractivity contribution in [3.63, 3.8) is 0 Å². The maximum absolute atomic E-state index is 13.8. The number of hydrogen-bond acceptors (Lipinski definition) is 4. The molecule has 0 fully saturated rings. The van der Waals surface area contributed by atoms with Crippen molar-refractivity contribution in [1.82, 2.24) is 9.97 Å². The van der Waals surface area contributed by atoms with Crippen LogP contribution >= 0.6 is 11.8 Å². The van der Waals surface area contributed by atoms with Crippen LogP contribution in [0.5, 0.6) is 0 Å². The quantitative estimate of drug-likeness (QED) is 0.850. The van der Waals surface area contributed by atoms with Crippen LogP contribution in [0, 0.1) is 5.82 Å². The minimum absolute atomic E-state index is 0.225. The Bertz CT molecular complexity index is 502. The normalized spacial score (nSPS) is 12.4. The molecule has 0 unspecified atom stereocenters. The van der Waals surface area contributed by atoms with Gasteiger partial charge in [0.15, 0.2) is 5.16 Å². The van der Waals surface area contributed by atoms with Gasteiger partial charge in [0.05, 0.1) is 4.90 Å². The molecule has 0 aliphatic rings. The van der Waals surface area contributed by atoms with Crippen molar-refractivity contribution in [2.75, 3.05) is 0 Å². The van der Waals surface area contributed by atoms with Crippen molar-refractivity contribution in [1.29, 1.82) is 0 Å². The minimum Gasteiger partial charge on any atom is -0.324 e. The van der Waals surface area contributed by atoms with Crippen molar-refractivity contribution < 1.29 is 4.39 Å². The number of hydrogen-bond donors (Lipinski definition) is 1. The third kappa shape index (κ3) is 2.81. The predicted octanol–water partition coefficient (Wildman–Crippen LogP) is 2.79. The van der Waals surface area contributed by atoms with E-state index in [9.17, 15) is 4.39 Å². The van der Waals surface area contributed by atoms with E-state index in [1.165, 1.54) is 17.8 Å². The fourth-order valence-electron chi connectivity index (χ4n) is 1.42. The van der Waals surface area contributed by atoms with E-state index in [1.54, 1.807) is 24.5 Å². The molecule has 0 saturated carbocycles. The summed E-state index contributed by atoms with van der Waals surface area (Å²) in [6, 6.07) is 6.38. The Labute approximate surface area is 103 Å². The van der Waals surface area contributed by atoms with Gasteiger partial charge in [0, 0.05) is 18.4 Å². The monoisotopic (exact) mass is 249 g/mol. The summed E-state index contributed by atoms with van der Waals surface area (Å²) in [4.78, 5) is 8.61. The summed E-state index contributed by atoms with van der Waals surface area (Å²) in [5.41, 5.74) is 6.58. The smallest absolute Gasteiger partial charge is 0.192 e. The van der Waals surface area contributed by atoms with E-state index in [-0.39, 0.29) is 11.9 Å². The Kier molecular flexibility index (Phi) is 3.71. The number of benzene rings is 1. The minimum atomic E-state index is -0.294. The number of nitrogens with zero attached hydrogens (tertiary/aromatic N) is 2. The summed E-state index contributed by atoms with van der Waals surface area (Å²) in [5.74, 6) is -0.294. The average molecular weight is 249 g/mol. The molecule has 0 aliphatic heterocycles. The van der Waals surface area contributed by atoms with Crippen LogP contribution in [0.1, 0.15) is 18.5 Å². The highest BCUT2D eigenvalue weighted by Gasteiger charge is 2.13. The van der Waals surface area contributed by atoms with Crippen LogP contribution in [0.25, 0.3) is 0 Å². The lowest BCUT2D eigenvalue weighted by Crippen LogP contribution is -2.07. The predicted molar refractivity (Wildman–Crippen MR) is 65.2 cm³/mol. The van der Waals surface area contributed by atoms with Crippen molar-refractivity contribution >= 4 is 11.8 Å². The van der Waals surface area contributed by atoms with Crippen molar-refractivity contribution in [3.8, 4) is 0 Å². The molecular weight excluding hydrogens is 237 g/mol. The topological polar surface area (TPSA) is 51.8 Å². The second kappa shape index (κ2) is 5.25. The zero-order valence-electron chi connectivity index (χ0n) is 9.30. The zero-order chi connectivity index (χ0) is 12.3. The Morgan fingerprint density at radius 1 is 1.24 bits per heavy atom. The molecule has 1 heterocycles. The molecule has 0 bridgehead atoms. The van der Waals surface area contributed by atoms with Gasteiger partial charge in [-0.1, -0.05) is 12.1 Å². The van der Waals surface area contributed by atoms with Crippen molar-refractivity contribution in [2.24, 2.45) is 5.73 Å². The van der Waals surface area contributed by atoms with Crippen LogP contribution in [0.4, 0.5) is 4.39 Å². The van der Waals surface area contributed by atoms with E-state index in [1.807, 2.05) is 13.0 Å². The highest BCUT2D eigenvalue weighted by molar-refractivity contribution is 7.99. The van der Waals surface area contributed by atoms with Gasteiger partial charge in [-0.3, -0.25) is 0 Å². The highest BCUT2D eigenvalue weighted by Crippen LogP contribution is 2.32. The van der Waals surface area contributed by atoms with Gasteiger partial charge in [-0.05, 0) is 36.4 Å². The average Bonchev–Trinajstić information content (AvgIpc) is 2.33. The van der Waals surface area contributed by atoms with E-state index < -0.39 is 0 Å². The summed E-state index contributed by atoms with van der Waals surface area (Å²) in [5, 5.41) is 0.513. The lowest BCUT2D eigenvalue weighted by Gasteiger charge is -2.12. The maximum atomic E-state index is 13.8. The fraction of sp³-hybridized carbons (Fsp3) is 0.167. The first-order chi connectivity index (χ1) is 8.18. The lowest BCUT2D eigenvalue weighted by molar-refractivity contribution is 0.591. The fourth-order valence-corrected chi connectivity index (χ4v) is 2.37. The van der Waals surface area contributed by atoms with Gasteiger partial charge in [-0.2, -0.15) is 0 Å². The number of nitrogens with two attached hydrogens (primary N) is 1. The second-order valence-corrected chi connectivity index (χ2v) is 4.56.